The molecule has 0 aliphatic carbocycles. The highest BCUT2D eigenvalue weighted by Crippen LogP contribution is 2.26. The monoisotopic (exact) mass is 470 g/mol. The average molecular weight is 472 g/mol. The van der Waals surface area contributed by atoms with Crippen molar-refractivity contribution in [2.24, 2.45) is 5.92 Å². The van der Waals surface area contributed by atoms with E-state index < -0.39 is 6.04 Å². The Balaban J connectivity index is 2.20. The van der Waals surface area contributed by atoms with E-state index in [4.69, 9.17) is 39.5 Å². The summed E-state index contributed by atoms with van der Waals surface area (Å²) in [6.45, 7) is 5.98. The molecule has 0 bridgehead atoms. The number of benzene rings is 2. The highest BCUT2D eigenvalue weighted by atomic mass is 35.5. The Kier molecular flexibility index (Phi) is 9.28. The highest BCUT2D eigenvalue weighted by molar-refractivity contribution is 6.36. The van der Waals surface area contributed by atoms with E-state index in [1.807, 2.05) is 13.8 Å². The molecule has 2 amide bonds. The molecule has 1 N–H and O–H groups in total. The van der Waals surface area contributed by atoms with Gasteiger partial charge in [-0.05, 0) is 43.2 Å². The van der Waals surface area contributed by atoms with Gasteiger partial charge in [-0.2, -0.15) is 0 Å². The molecular weight excluding hydrogens is 447 g/mol. The van der Waals surface area contributed by atoms with Crippen molar-refractivity contribution in [2.75, 3.05) is 13.2 Å². The fourth-order valence-corrected chi connectivity index (χ4v) is 3.37. The third-order valence-corrected chi connectivity index (χ3v) is 5.34. The predicted octanol–water partition coefficient (Wildman–Crippen LogP) is 5.22. The number of hydrogen-bond acceptors (Lipinski definition) is 3. The van der Waals surface area contributed by atoms with E-state index >= 15 is 0 Å². The van der Waals surface area contributed by atoms with E-state index in [-0.39, 0.29) is 30.9 Å². The fraction of sp³-hybridized carbons (Fsp3) is 0.364. The summed E-state index contributed by atoms with van der Waals surface area (Å²) in [5.74, 6) is 0.110. The molecule has 0 spiro atoms. The van der Waals surface area contributed by atoms with E-state index in [1.165, 1.54) is 4.90 Å². The lowest BCUT2D eigenvalue weighted by Crippen LogP contribution is -2.49. The minimum Gasteiger partial charge on any atom is -0.484 e. The SMILES string of the molecule is CC(C)CNC(=O)[C@H](C)N(Cc1c(Cl)cccc1Cl)C(=O)COc1cccc(Cl)c1. The van der Waals surface area contributed by atoms with Crippen LogP contribution in [0.1, 0.15) is 26.3 Å². The Morgan fingerprint density at radius 1 is 1.03 bits per heavy atom. The van der Waals surface area contributed by atoms with Crippen molar-refractivity contribution < 1.29 is 14.3 Å². The quantitative estimate of drug-likeness (QED) is 0.546. The zero-order valence-corrected chi connectivity index (χ0v) is 19.4. The Bertz CT molecular complexity index is 869. The number of hydrogen-bond donors (Lipinski definition) is 1. The highest BCUT2D eigenvalue weighted by Gasteiger charge is 2.27. The number of halogens is 3. The molecular formula is C22H25Cl3N2O3. The molecule has 0 aromatic heterocycles. The van der Waals surface area contributed by atoms with Crippen LogP contribution in [-0.2, 0) is 16.1 Å². The standard InChI is InChI=1S/C22H25Cl3N2O3/c1-14(2)11-26-22(29)15(3)27(12-18-19(24)8-5-9-20(18)25)21(28)13-30-17-7-4-6-16(23)10-17/h4-10,14-15H,11-13H2,1-3H3,(H,26,29)/t15-/m0/s1. The molecule has 0 heterocycles. The Morgan fingerprint density at radius 3 is 2.27 bits per heavy atom. The van der Waals surface area contributed by atoms with Crippen LogP contribution in [0.15, 0.2) is 42.5 Å². The molecule has 8 heteroatoms. The normalized spacial score (nSPS) is 11.8. The first-order chi connectivity index (χ1) is 14.2. The molecule has 5 nitrogen and oxygen atoms in total. The van der Waals surface area contributed by atoms with Gasteiger partial charge in [-0.1, -0.05) is 60.8 Å². The molecule has 0 radical (unpaired) electrons. The molecule has 1 atom stereocenters. The Morgan fingerprint density at radius 2 is 1.67 bits per heavy atom. The number of carbonyl (C=O) groups excluding carboxylic acids is 2. The summed E-state index contributed by atoms with van der Waals surface area (Å²) < 4.78 is 5.58. The zero-order chi connectivity index (χ0) is 22.3. The molecule has 2 aromatic rings. The second-order valence-corrected chi connectivity index (χ2v) is 8.53. The molecule has 0 saturated carbocycles. The number of carbonyl (C=O) groups is 2. The van der Waals surface area contributed by atoms with Crippen LogP contribution < -0.4 is 10.1 Å². The van der Waals surface area contributed by atoms with Crippen LogP contribution in [0.3, 0.4) is 0 Å². The smallest absolute Gasteiger partial charge is 0.261 e. The summed E-state index contributed by atoms with van der Waals surface area (Å²) in [4.78, 5) is 27.1. The van der Waals surface area contributed by atoms with Crippen LogP contribution in [0, 0.1) is 5.92 Å². The van der Waals surface area contributed by atoms with Gasteiger partial charge < -0.3 is 15.0 Å². The van der Waals surface area contributed by atoms with Gasteiger partial charge in [0.05, 0.1) is 0 Å². The van der Waals surface area contributed by atoms with Crippen LogP contribution in [0.4, 0.5) is 0 Å². The van der Waals surface area contributed by atoms with Crippen molar-refractivity contribution in [3.05, 3.63) is 63.1 Å². The van der Waals surface area contributed by atoms with Gasteiger partial charge in [-0.3, -0.25) is 9.59 Å². The minimum absolute atomic E-state index is 0.0759. The number of ether oxygens (including phenoxy) is 1. The van der Waals surface area contributed by atoms with Gasteiger partial charge in [0.2, 0.25) is 5.91 Å². The molecule has 0 saturated heterocycles. The molecule has 2 aromatic carbocycles. The summed E-state index contributed by atoms with van der Waals surface area (Å²) in [6, 6.07) is 11.1. The molecule has 2 rings (SSSR count). The van der Waals surface area contributed by atoms with Crippen LogP contribution in [0.2, 0.25) is 15.1 Å². The maximum atomic E-state index is 13.0. The number of rotatable bonds is 9. The lowest BCUT2D eigenvalue weighted by atomic mass is 10.1. The van der Waals surface area contributed by atoms with Gasteiger partial charge in [-0.25, -0.2) is 0 Å². The summed E-state index contributed by atoms with van der Waals surface area (Å²) in [5.41, 5.74) is 0.570. The first kappa shape index (κ1) is 24.3. The van der Waals surface area contributed by atoms with Crippen LogP contribution >= 0.6 is 34.8 Å². The summed E-state index contributed by atoms with van der Waals surface area (Å²) >= 11 is 18.5. The maximum absolute atomic E-state index is 13.0. The molecule has 0 aliphatic rings. The van der Waals surface area contributed by atoms with Crippen molar-refractivity contribution in [2.45, 2.75) is 33.4 Å². The molecule has 30 heavy (non-hydrogen) atoms. The molecule has 0 aliphatic heterocycles. The average Bonchev–Trinajstić information content (AvgIpc) is 2.69. The van der Waals surface area contributed by atoms with Crippen LogP contribution in [0.25, 0.3) is 0 Å². The minimum atomic E-state index is -0.744. The molecule has 0 unspecified atom stereocenters. The van der Waals surface area contributed by atoms with E-state index in [1.54, 1.807) is 49.4 Å². The van der Waals surface area contributed by atoms with Crippen molar-refractivity contribution in [1.82, 2.24) is 10.2 Å². The van der Waals surface area contributed by atoms with Crippen LogP contribution in [-0.4, -0.2) is 35.9 Å². The maximum Gasteiger partial charge on any atom is 0.261 e. The third kappa shape index (κ3) is 7.08. The summed E-state index contributed by atoms with van der Waals surface area (Å²) in [7, 11) is 0. The number of nitrogens with one attached hydrogen (secondary N) is 1. The Labute approximate surface area is 192 Å². The van der Waals surface area contributed by atoms with Crippen LogP contribution in [0.5, 0.6) is 5.75 Å². The topological polar surface area (TPSA) is 58.6 Å². The van der Waals surface area contributed by atoms with Gasteiger partial charge in [0.1, 0.15) is 11.8 Å². The van der Waals surface area contributed by atoms with E-state index in [0.29, 0.717) is 32.9 Å². The number of amides is 2. The molecule has 0 fully saturated rings. The van der Waals surface area contributed by atoms with E-state index in [2.05, 4.69) is 5.32 Å². The predicted molar refractivity (Wildman–Crippen MR) is 121 cm³/mol. The van der Waals surface area contributed by atoms with Crippen molar-refractivity contribution in [1.29, 1.82) is 0 Å². The van der Waals surface area contributed by atoms with Gasteiger partial charge >= 0.3 is 0 Å². The number of nitrogens with zero attached hydrogens (tertiary/aromatic N) is 1. The van der Waals surface area contributed by atoms with Gasteiger partial charge in [-0.15, -0.1) is 0 Å². The van der Waals surface area contributed by atoms with E-state index in [0.717, 1.165) is 0 Å². The lowest BCUT2D eigenvalue weighted by molar-refractivity contribution is -0.142. The molecule has 162 valence electrons. The first-order valence-corrected chi connectivity index (χ1v) is 10.7. The summed E-state index contributed by atoms with van der Waals surface area (Å²) in [6.07, 6.45) is 0. The van der Waals surface area contributed by atoms with Crippen molar-refractivity contribution in [3.8, 4) is 5.75 Å². The second kappa shape index (κ2) is 11.4. The first-order valence-electron chi connectivity index (χ1n) is 9.57. The van der Waals surface area contributed by atoms with Gasteiger partial charge in [0.15, 0.2) is 6.61 Å². The van der Waals surface area contributed by atoms with Gasteiger partial charge in [0.25, 0.3) is 5.91 Å². The zero-order valence-electron chi connectivity index (χ0n) is 17.1. The second-order valence-electron chi connectivity index (χ2n) is 7.28. The lowest BCUT2D eigenvalue weighted by Gasteiger charge is -2.29. The summed E-state index contributed by atoms with van der Waals surface area (Å²) in [5, 5.41) is 4.20. The third-order valence-electron chi connectivity index (χ3n) is 4.40. The fourth-order valence-electron chi connectivity index (χ4n) is 2.67. The van der Waals surface area contributed by atoms with E-state index in [9.17, 15) is 9.59 Å². The largest absolute Gasteiger partial charge is 0.484 e. The van der Waals surface area contributed by atoms with Crippen molar-refractivity contribution >= 4 is 46.6 Å². The van der Waals surface area contributed by atoms with Crippen molar-refractivity contribution in [3.63, 3.8) is 0 Å². The Hall–Kier alpha value is -1.95. The van der Waals surface area contributed by atoms with Gasteiger partial charge in [0, 0.05) is 33.7 Å².